The SMILES string of the molecule is N#Cc1ccc(NC2CCC(n3nc(-c4ccncc4)ccc3=O)CC2)nc1. The molecule has 0 atom stereocenters. The molecule has 7 nitrogen and oxygen atoms in total. The summed E-state index contributed by atoms with van der Waals surface area (Å²) < 4.78 is 1.63. The number of aromatic nitrogens is 4. The van der Waals surface area contributed by atoms with E-state index in [2.05, 4.69) is 26.5 Å². The molecule has 3 heterocycles. The molecule has 28 heavy (non-hydrogen) atoms. The van der Waals surface area contributed by atoms with Crippen molar-refractivity contribution in [2.75, 3.05) is 5.32 Å². The molecular formula is C21H20N6O. The largest absolute Gasteiger partial charge is 0.367 e. The fourth-order valence-corrected chi connectivity index (χ4v) is 3.58. The Kier molecular flexibility index (Phi) is 5.11. The highest BCUT2D eigenvalue weighted by atomic mass is 16.1. The first-order valence-electron chi connectivity index (χ1n) is 9.36. The van der Waals surface area contributed by atoms with Crippen LogP contribution < -0.4 is 10.9 Å². The molecule has 0 spiro atoms. The van der Waals surface area contributed by atoms with Gasteiger partial charge in [0.1, 0.15) is 11.9 Å². The Balaban J connectivity index is 1.43. The van der Waals surface area contributed by atoms with Gasteiger partial charge in [0.2, 0.25) is 0 Å². The lowest BCUT2D eigenvalue weighted by molar-refractivity contribution is 0.304. The van der Waals surface area contributed by atoms with E-state index < -0.39 is 0 Å². The number of hydrogen-bond donors (Lipinski definition) is 1. The van der Waals surface area contributed by atoms with E-state index in [0.717, 1.165) is 42.8 Å². The summed E-state index contributed by atoms with van der Waals surface area (Å²) in [6, 6.07) is 13.2. The van der Waals surface area contributed by atoms with Crippen LogP contribution in [0.2, 0.25) is 0 Å². The van der Waals surface area contributed by atoms with Crippen molar-refractivity contribution >= 4 is 5.82 Å². The average molecular weight is 372 g/mol. The smallest absolute Gasteiger partial charge is 0.267 e. The maximum atomic E-state index is 12.4. The van der Waals surface area contributed by atoms with Gasteiger partial charge >= 0.3 is 0 Å². The van der Waals surface area contributed by atoms with Gasteiger partial charge in [-0.1, -0.05) is 0 Å². The van der Waals surface area contributed by atoms with E-state index in [1.54, 1.807) is 41.5 Å². The van der Waals surface area contributed by atoms with Crippen molar-refractivity contribution in [2.24, 2.45) is 0 Å². The molecule has 7 heteroatoms. The third kappa shape index (κ3) is 3.91. The van der Waals surface area contributed by atoms with E-state index in [4.69, 9.17) is 5.26 Å². The minimum absolute atomic E-state index is 0.0667. The first-order chi connectivity index (χ1) is 13.7. The second-order valence-corrected chi connectivity index (χ2v) is 6.93. The predicted molar refractivity (Wildman–Crippen MR) is 106 cm³/mol. The number of hydrogen-bond acceptors (Lipinski definition) is 6. The monoisotopic (exact) mass is 372 g/mol. The van der Waals surface area contributed by atoms with Crippen molar-refractivity contribution in [3.8, 4) is 17.3 Å². The van der Waals surface area contributed by atoms with Crippen molar-refractivity contribution in [1.82, 2.24) is 19.7 Å². The highest BCUT2D eigenvalue weighted by molar-refractivity contribution is 5.57. The summed E-state index contributed by atoms with van der Waals surface area (Å²) in [6.45, 7) is 0. The van der Waals surface area contributed by atoms with E-state index in [0.29, 0.717) is 11.6 Å². The van der Waals surface area contributed by atoms with Crippen LogP contribution in [-0.4, -0.2) is 25.8 Å². The molecular weight excluding hydrogens is 352 g/mol. The number of rotatable bonds is 4. The van der Waals surface area contributed by atoms with E-state index in [1.165, 1.54) is 0 Å². The first-order valence-corrected chi connectivity index (χ1v) is 9.36. The molecule has 0 aliphatic heterocycles. The van der Waals surface area contributed by atoms with Crippen LogP contribution in [0, 0.1) is 11.3 Å². The molecule has 1 fully saturated rings. The van der Waals surface area contributed by atoms with Crippen LogP contribution in [0.5, 0.6) is 0 Å². The van der Waals surface area contributed by atoms with Gasteiger partial charge < -0.3 is 5.32 Å². The van der Waals surface area contributed by atoms with Crippen LogP contribution in [0.1, 0.15) is 37.3 Å². The Morgan fingerprint density at radius 3 is 2.50 bits per heavy atom. The van der Waals surface area contributed by atoms with Gasteiger partial charge in [0.15, 0.2) is 0 Å². The van der Waals surface area contributed by atoms with Crippen LogP contribution in [0.15, 0.2) is 59.8 Å². The molecule has 3 aromatic rings. The van der Waals surface area contributed by atoms with Gasteiger partial charge in [-0.05, 0) is 56.0 Å². The Labute approximate surface area is 162 Å². The molecule has 0 aromatic carbocycles. The van der Waals surface area contributed by atoms with E-state index >= 15 is 0 Å². The molecule has 1 N–H and O–H groups in total. The number of pyridine rings is 2. The predicted octanol–water partition coefficient (Wildman–Crippen LogP) is 3.17. The summed E-state index contributed by atoms with van der Waals surface area (Å²) in [7, 11) is 0. The maximum absolute atomic E-state index is 12.4. The molecule has 0 unspecified atom stereocenters. The summed E-state index contributed by atoms with van der Waals surface area (Å²) in [5.74, 6) is 0.775. The standard InChI is InChI=1S/C21H20N6O/c22-13-15-1-7-20(24-14-15)25-17-2-4-18(5-3-17)27-21(28)8-6-19(26-27)16-9-11-23-12-10-16/h1,6-12,14,17-18H,2-5H2,(H,24,25). The highest BCUT2D eigenvalue weighted by Crippen LogP contribution is 2.29. The van der Waals surface area contributed by atoms with Crippen LogP contribution in [0.4, 0.5) is 5.82 Å². The fourth-order valence-electron chi connectivity index (χ4n) is 3.58. The molecule has 3 aromatic heterocycles. The van der Waals surface area contributed by atoms with Crippen LogP contribution in [0.25, 0.3) is 11.3 Å². The zero-order chi connectivity index (χ0) is 19.3. The lowest BCUT2D eigenvalue weighted by Crippen LogP contribution is -2.33. The van der Waals surface area contributed by atoms with Gasteiger partial charge in [-0.25, -0.2) is 9.67 Å². The van der Waals surface area contributed by atoms with E-state index in [-0.39, 0.29) is 11.6 Å². The Morgan fingerprint density at radius 2 is 1.82 bits per heavy atom. The number of nitriles is 1. The molecule has 0 amide bonds. The summed E-state index contributed by atoms with van der Waals surface area (Å²) in [5, 5.41) is 16.9. The number of nitrogens with one attached hydrogen (secondary N) is 1. The van der Waals surface area contributed by atoms with Gasteiger partial charge in [0.05, 0.1) is 17.3 Å². The molecule has 0 radical (unpaired) electrons. The van der Waals surface area contributed by atoms with Crippen molar-refractivity contribution in [2.45, 2.75) is 37.8 Å². The van der Waals surface area contributed by atoms with Gasteiger partial charge in [-0.15, -0.1) is 0 Å². The number of anilines is 1. The van der Waals surface area contributed by atoms with Crippen molar-refractivity contribution in [1.29, 1.82) is 5.26 Å². The minimum Gasteiger partial charge on any atom is -0.367 e. The lowest BCUT2D eigenvalue weighted by atomic mass is 9.91. The Morgan fingerprint density at radius 1 is 1.04 bits per heavy atom. The van der Waals surface area contributed by atoms with Crippen LogP contribution in [-0.2, 0) is 0 Å². The highest BCUT2D eigenvalue weighted by Gasteiger charge is 2.24. The maximum Gasteiger partial charge on any atom is 0.267 e. The van der Waals surface area contributed by atoms with Crippen LogP contribution >= 0.6 is 0 Å². The van der Waals surface area contributed by atoms with Crippen molar-refractivity contribution in [3.63, 3.8) is 0 Å². The Hall–Kier alpha value is -3.53. The summed E-state index contributed by atoms with van der Waals surface area (Å²) >= 11 is 0. The second kappa shape index (κ2) is 8.01. The quantitative estimate of drug-likeness (QED) is 0.756. The third-order valence-electron chi connectivity index (χ3n) is 5.09. The molecule has 140 valence electrons. The molecule has 4 rings (SSSR count). The summed E-state index contributed by atoms with van der Waals surface area (Å²) in [6.07, 6.45) is 8.63. The summed E-state index contributed by atoms with van der Waals surface area (Å²) in [5.41, 5.74) is 2.21. The van der Waals surface area contributed by atoms with Gasteiger partial charge in [-0.3, -0.25) is 9.78 Å². The fraction of sp³-hybridized carbons (Fsp3) is 0.286. The zero-order valence-corrected chi connectivity index (χ0v) is 15.3. The molecule has 0 bridgehead atoms. The van der Waals surface area contributed by atoms with E-state index in [1.807, 2.05) is 18.2 Å². The van der Waals surface area contributed by atoms with Crippen molar-refractivity contribution < 1.29 is 0 Å². The summed E-state index contributed by atoms with van der Waals surface area (Å²) in [4.78, 5) is 20.7. The molecule has 1 saturated carbocycles. The van der Waals surface area contributed by atoms with E-state index in [9.17, 15) is 4.79 Å². The van der Waals surface area contributed by atoms with Gasteiger partial charge in [0.25, 0.3) is 5.56 Å². The topological polar surface area (TPSA) is 96.5 Å². The Bertz CT molecular complexity index is 1030. The normalized spacial score (nSPS) is 19.0. The minimum atomic E-state index is -0.0667. The van der Waals surface area contributed by atoms with Crippen LogP contribution in [0.3, 0.4) is 0 Å². The average Bonchev–Trinajstić information content (AvgIpc) is 2.76. The lowest BCUT2D eigenvalue weighted by Gasteiger charge is -2.30. The number of nitrogens with zero attached hydrogens (tertiary/aromatic N) is 5. The van der Waals surface area contributed by atoms with Gasteiger partial charge in [-0.2, -0.15) is 10.4 Å². The molecule has 1 aliphatic carbocycles. The zero-order valence-electron chi connectivity index (χ0n) is 15.3. The third-order valence-corrected chi connectivity index (χ3v) is 5.09. The molecule has 0 saturated heterocycles. The first kappa shape index (κ1) is 17.9. The van der Waals surface area contributed by atoms with Gasteiger partial charge in [0, 0.05) is 36.3 Å². The molecule has 1 aliphatic rings. The second-order valence-electron chi connectivity index (χ2n) is 6.93. The van der Waals surface area contributed by atoms with Crippen molar-refractivity contribution in [3.05, 3.63) is 70.9 Å².